The van der Waals surface area contributed by atoms with Gasteiger partial charge in [0, 0.05) is 0 Å². The zero-order chi connectivity index (χ0) is 43.2. The maximum absolute atomic E-state index is 10.8. The summed E-state index contributed by atoms with van der Waals surface area (Å²) in [6.07, 6.45) is 13.3. The molecule has 300 valence electrons. The highest BCUT2D eigenvalue weighted by atomic mass is 16.3. The van der Waals surface area contributed by atoms with Crippen LogP contribution in [-0.2, 0) is 0 Å². The van der Waals surface area contributed by atoms with Crippen molar-refractivity contribution >= 4 is 44.8 Å². The van der Waals surface area contributed by atoms with Crippen molar-refractivity contribution in [3.8, 4) is 44.5 Å². The number of benzene rings is 8. The maximum Gasteiger partial charge on any atom is 0.153 e. The zero-order valence-electron chi connectivity index (χ0n) is 35.1. The van der Waals surface area contributed by atoms with Gasteiger partial charge in [-0.2, -0.15) is 0 Å². The smallest absolute Gasteiger partial charge is 0.153 e. The van der Waals surface area contributed by atoms with Gasteiger partial charge in [0.05, 0.1) is 0 Å². The molecule has 0 saturated heterocycles. The molecule has 0 aliphatic carbocycles. The molecule has 2 nitrogen and oxygen atoms in total. The van der Waals surface area contributed by atoms with E-state index in [1.807, 2.05) is 49.4 Å². The summed E-state index contributed by atoms with van der Waals surface area (Å²) in [6.45, 7) is 16.2. The van der Waals surface area contributed by atoms with E-state index < -0.39 is 0 Å². The van der Waals surface area contributed by atoms with E-state index in [9.17, 15) is 10.2 Å². The topological polar surface area (TPSA) is 40.5 Å². The minimum absolute atomic E-state index is 0.167. The van der Waals surface area contributed by atoms with Crippen LogP contribution in [0.5, 0.6) is 0 Å². The van der Waals surface area contributed by atoms with Crippen LogP contribution in [0, 0.1) is 0 Å². The molecule has 2 N–H and O–H groups in total. The Kier molecular flexibility index (Phi) is 11.9. The molecule has 8 aromatic rings. The highest BCUT2D eigenvalue weighted by molar-refractivity contribution is 6.09. The van der Waals surface area contributed by atoms with Crippen molar-refractivity contribution in [1.29, 1.82) is 0 Å². The summed E-state index contributed by atoms with van der Waals surface area (Å²) in [6, 6.07) is 58.1. The van der Waals surface area contributed by atoms with Crippen molar-refractivity contribution in [2.75, 3.05) is 0 Å². The molecule has 0 radical (unpaired) electrons. The third kappa shape index (κ3) is 8.15. The first-order valence-corrected chi connectivity index (χ1v) is 20.8. The molecule has 0 unspecified atom stereocenters. The van der Waals surface area contributed by atoms with Crippen molar-refractivity contribution < 1.29 is 10.2 Å². The summed E-state index contributed by atoms with van der Waals surface area (Å²) < 4.78 is 0. The van der Waals surface area contributed by atoms with Crippen molar-refractivity contribution in [3.63, 3.8) is 0 Å². The second-order valence-corrected chi connectivity index (χ2v) is 15.3. The number of rotatable bonds is 12. The van der Waals surface area contributed by atoms with Gasteiger partial charge in [0.1, 0.15) is 5.76 Å². The van der Waals surface area contributed by atoms with Gasteiger partial charge in [-0.1, -0.05) is 196 Å². The number of fused-ring (bicyclic) bond motifs is 2. The Hall–Kier alpha value is -7.94. The minimum Gasteiger partial charge on any atom is -0.509 e. The summed E-state index contributed by atoms with van der Waals surface area (Å²) in [7, 11) is 0. The van der Waals surface area contributed by atoms with Crippen molar-refractivity contribution in [3.05, 3.63) is 253 Å². The van der Waals surface area contributed by atoms with Gasteiger partial charge in [-0.25, -0.2) is 0 Å². The summed E-state index contributed by atoms with van der Waals surface area (Å²) >= 11 is 0. The van der Waals surface area contributed by atoms with E-state index in [2.05, 4.69) is 171 Å². The third-order valence-electron chi connectivity index (χ3n) is 11.5. The lowest BCUT2D eigenvalue weighted by molar-refractivity contribution is 0.340. The number of allylic oxidation sites excluding steroid dienone is 7. The van der Waals surface area contributed by atoms with E-state index in [0.717, 1.165) is 83.1 Å². The molecule has 0 fully saturated rings. The Labute approximate surface area is 365 Å². The van der Waals surface area contributed by atoms with Gasteiger partial charge in [-0.15, -0.1) is 0 Å². The lowest BCUT2D eigenvalue weighted by atomic mass is 9.83. The van der Waals surface area contributed by atoms with E-state index in [0.29, 0.717) is 5.57 Å². The molecule has 0 atom stereocenters. The van der Waals surface area contributed by atoms with Crippen LogP contribution in [0.2, 0.25) is 0 Å². The Morgan fingerprint density at radius 2 is 1.19 bits per heavy atom. The number of aliphatic hydroxyl groups is 2. The second-order valence-electron chi connectivity index (χ2n) is 15.3. The largest absolute Gasteiger partial charge is 0.509 e. The van der Waals surface area contributed by atoms with Gasteiger partial charge in [0.2, 0.25) is 0 Å². The van der Waals surface area contributed by atoms with Gasteiger partial charge in [-0.3, -0.25) is 0 Å². The summed E-state index contributed by atoms with van der Waals surface area (Å²) in [5.41, 5.74) is 15.3. The first-order valence-electron chi connectivity index (χ1n) is 20.8. The molecule has 0 saturated carbocycles. The van der Waals surface area contributed by atoms with Gasteiger partial charge >= 0.3 is 0 Å². The Balaban J connectivity index is 1.40. The predicted molar refractivity (Wildman–Crippen MR) is 268 cm³/mol. The quantitative estimate of drug-likeness (QED) is 0.0954. The number of aliphatic hydroxyl groups excluding tert-OH is 2. The van der Waals surface area contributed by atoms with Crippen LogP contribution in [0.15, 0.2) is 225 Å². The van der Waals surface area contributed by atoms with Crippen LogP contribution in [0.25, 0.3) is 89.4 Å². The highest BCUT2D eigenvalue weighted by Gasteiger charge is 2.19. The molecular weight excluding hydrogens is 753 g/mol. The molecular formula is C60H48O2. The lowest BCUT2D eigenvalue weighted by Crippen LogP contribution is -1.96. The average molecular weight is 801 g/mol. The van der Waals surface area contributed by atoms with Crippen LogP contribution in [0.3, 0.4) is 0 Å². The molecule has 8 aromatic carbocycles. The molecule has 0 aliphatic heterocycles. The molecule has 0 aliphatic rings. The first kappa shape index (κ1) is 40.8. The van der Waals surface area contributed by atoms with Gasteiger partial charge in [0.15, 0.2) is 5.76 Å². The highest BCUT2D eigenvalue weighted by Crippen LogP contribution is 2.44. The standard InChI is InChI=1S/C60H48O2/c1-6-9-10-22-50-38-58(55-30-15-16-31-56(55)60(50)43(8-3)39-59(62)41(5)61)57-37-47(46-25-18-27-49(36-46)53-32-19-23-44-21-12-14-29-52(44)53)33-34-54(57)48-26-17-24-45(35-48)40(4)51-28-13-11-20-42(51)7-2/h6-39,61-62H,2-4H2,1,5H3/b9-6-,22-10-,43-39+,59-41-. The number of hydrogen-bond donors (Lipinski definition) is 2. The number of hydrogen-bond acceptors (Lipinski definition) is 2. The minimum atomic E-state index is -0.214. The molecule has 0 heterocycles. The second kappa shape index (κ2) is 18.1. The fraction of sp³-hybridized carbons (Fsp3) is 0.0333. The molecule has 0 bridgehead atoms. The monoisotopic (exact) mass is 800 g/mol. The maximum atomic E-state index is 10.8. The summed E-state index contributed by atoms with van der Waals surface area (Å²) in [5, 5.41) is 25.4. The zero-order valence-corrected chi connectivity index (χ0v) is 35.1. The van der Waals surface area contributed by atoms with E-state index in [1.165, 1.54) is 23.3 Å². The Bertz CT molecular complexity index is 3160. The fourth-order valence-corrected chi connectivity index (χ4v) is 8.35. The van der Waals surface area contributed by atoms with Crippen molar-refractivity contribution in [2.45, 2.75) is 13.8 Å². The molecule has 0 amide bonds. The van der Waals surface area contributed by atoms with Crippen LogP contribution in [0.1, 0.15) is 41.7 Å². The SMILES string of the molecule is C=C/C(=C\C(O)=C(/C)O)c1c(/C=C\C=C/C)cc(-c2cc(-c3cccc(-c4cccc5ccccc45)c3)ccc2-c2cccc(C(=C)c3ccccc3C=C)c2)c2ccccc12. The van der Waals surface area contributed by atoms with Crippen LogP contribution >= 0.6 is 0 Å². The molecule has 0 aromatic heterocycles. The van der Waals surface area contributed by atoms with Gasteiger partial charge in [-0.05, 0) is 149 Å². The van der Waals surface area contributed by atoms with E-state index in [-0.39, 0.29) is 11.5 Å². The third-order valence-corrected chi connectivity index (χ3v) is 11.5. The van der Waals surface area contributed by atoms with Crippen LogP contribution < -0.4 is 0 Å². The fourth-order valence-electron chi connectivity index (χ4n) is 8.35. The molecule has 0 spiro atoms. The van der Waals surface area contributed by atoms with E-state index in [4.69, 9.17) is 0 Å². The van der Waals surface area contributed by atoms with Crippen molar-refractivity contribution in [2.24, 2.45) is 0 Å². The van der Waals surface area contributed by atoms with Crippen LogP contribution in [0.4, 0.5) is 0 Å². The normalized spacial score (nSPS) is 12.3. The Morgan fingerprint density at radius 3 is 1.97 bits per heavy atom. The molecule has 62 heavy (non-hydrogen) atoms. The lowest BCUT2D eigenvalue weighted by Gasteiger charge is -2.20. The van der Waals surface area contributed by atoms with Crippen molar-refractivity contribution in [1.82, 2.24) is 0 Å². The van der Waals surface area contributed by atoms with Gasteiger partial charge < -0.3 is 10.2 Å². The van der Waals surface area contributed by atoms with Crippen LogP contribution in [-0.4, -0.2) is 10.2 Å². The average Bonchev–Trinajstić information content (AvgIpc) is 3.32. The van der Waals surface area contributed by atoms with E-state index in [1.54, 1.807) is 12.2 Å². The summed E-state index contributed by atoms with van der Waals surface area (Å²) in [4.78, 5) is 0. The first-order chi connectivity index (χ1) is 30.3. The molecule has 8 rings (SSSR count). The Morgan fingerprint density at radius 1 is 0.532 bits per heavy atom. The van der Waals surface area contributed by atoms with E-state index >= 15 is 0 Å². The predicted octanol–water partition coefficient (Wildman–Crippen LogP) is 16.9. The summed E-state index contributed by atoms with van der Waals surface area (Å²) in [5.74, 6) is -0.380. The molecule has 2 heteroatoms. The van der Waals surface area contributed by atoms with Gasteiger partial charge in [0.25, 0.3) is 0 Å².